The highest BCUT2D eigenvalue weighted by Gasteiger charge is 2.40. The Morgan fingerprint density at radius 1 is 0.594 bits per heavy atom. The monoisotopic (exact) mass is 436 g/mol. The number of hydrogen-bond acceptors (Lipinski definition) is 9. The van der Waals surface area contributed by atoms with Gasteiger partial charge in [-0.2, -0.15) is 0 Å². The van der Waals surface area contributed by atoms with Crippen molar-refractivity contribution < 1.29 is 43.2 Å². The zero-order chi connectivity index (χ0) is 23.3. The van der Waals surface area contributed by atoms with E-state index in [1.807, 2.05) is 0 Å². The van der Waals surface area contributed by atoms with Gasteiger partial charge in [-0.1, -0.05) is 22.3 Å². The van der Waals surface area contributed by atoms with Crippen LogP contribution in [0.3, 0.4) is 0 Å². The molecule has 0 radical (unpaired) electrons. The minimum absolute atomic E-state index is 0.0168. The second kappa shape index (κ2) is 7.23. The fourth-order valence-electron chi connectivity index (χ4n) is 3.31. The summed E-state index contributed by atoms with van der Waals surface area (Å²) in [6.45, 7) is 2.06. The van der Waals surface area contributed by atoms with Crippen LogP contribution >= 0.6 is 0 Å². The van der Waals surface area contributed by atoms with Crippen LogP contribution in [0.2, 0.25) is 0 Å². The number of nitrogens with zero attached hydrogens (tertiary/aromatic N) is 2. The number of hydroxylamine groups is 4. The molecule has 0 unspecified atom stereocenters. The molecule has 0 bridgehead atoms. The summed E-state index contributed by atoms with van der Waals surface area (Å²) in [5.74, 6) is -5.82. The summed E-state index contributed by atoms with van der Waals surface area (Å²) in [5, 5.41) is 0.620. The molecule has 2 aromatic rings. The molecule has 32 heavy (non-hydrogen) atoms. The number of hydrogen-bond donors (Lipinski definition) is 0. The maximum Gasteiger partial charge on any atom is 0.330 e. The first kappa shape index (κ1) is 20.6. The van der Waals surface area contributed by atoms with Crippen LogP contribution in [0.25, 0.3) is 0 Å². The minimum atomic E-state index is -0.901. The van der Waals surface area contributed by atoms with Gasteiger partial charge in [0.1, 0.15) is 0 Å². The Morgan fingerprint density at radius 3 is 1.28 bits per heavy atom. The van der Waals surface area contributed by atoms with Gasteiger partial charge >= 0.3 is 11.9 Å². The lowest BCUT2D eigenvalue weighted by Gasteiger charge is -2.10. The van der Waals surface area contributed by atoms with Crippen molar-refractivity contribution in [2.24, 2.45) is 0 Å². The molecule has 11 heteroatoms. The fourth-order valence-corrected chi connectivity index (χ4v) is 3.31. The van der Waals surface area contributed by atoms with Crippen molar-refractivity contribution in [3.63, 3.8) is 0 Å². The number of ketones is 1. The summed E-state index contributed by atoms with van der Waals surface area (Å²) in [6, 6.07) is 7.44. The molecule has 2 aliphatic heterocycles. The molecular weight excluding hydrogens is 424 g/mol. The normalized spacial score (nSPS) is 14.4. The second-order valence-electron chi connectivity index (χ2n) is 6.82. The topological polar surface area (TPSA) is 144 Å². The maximum absolute atomic E-state index is 13.0. The van der Waals surface area contributed by atoms with Crippen LogP contribution in [-0.2, 0) is 19.3 Å². The Kier molecular flexibility index (Phi) is 4.66. The Labute approximate surface area is 179 Å². The molecule has 0 N–H and O–H groups in total. The van der Waals surface area contributed by atoms with Crippen LogP contribution in [0.1, 0.15) is 71.2 Å². The van der Waals surface area contributed by atoms with Crippen LogP contribution in [0.5, 0.6) is 0 Å². The smallest absolute Gasteiger partial charge is 0.330 e. The lowest BCUT2D eigenvalue weighted by molar-refractivity contribution is -0.166. The minimum Gasteiger partial charge on any atom is -0.330 e. The molecule has 0 aromatic heterocycles. The van der Waals surface area contributed by atoms with Gasteiger partial charge in [0, 0.05) is 25.0 Å². The molecule has 4 rings (SSSR count). The van der Waals surface area contributed by atoms with E-state index >= 15 is 0 Å². The Hall–Kier alpha value is -4.67. The molecule has 160 valence electrons. The average Bonchev–Trinajstić information content (AvgIpc) is 3.12. The van der Waals surface area contributed by atoms with Crippen molar-refractivity contribution in [2.75, 3.05) is 0 Å². The van der Waals surface area contributed by atoms with E-state index < -0.39 is 41.4 Å². The van der Waals surface area contributed by atoms with E-state index in [4.69, 9.17) is 0 Å². The Bertz CT molecular complexity index is 1200. The molecule has 0 spiro atoms. The van der Waals surface area contributed by atoms with Crippen LogP contribution in [-0.4, -0.2) is 51.5 Å². The van der Waals surface area contributed by atoms with E-state index in [0.29, 0.717) is 10.1 Å². The molecule has 0 fully saturated rings. The molecule has 0 saturated heterocycles. The predicted octanol–water partition coefficient (Wildman–Crippen LogP) is 1.07. The number of amides is 4. The summed E-state index contributed by atoms with van der Waals surface area (Å²) in [6.07, 6.45) is 0. The SMILES string of the molecule is CC(=O)ON1C(=O)c2ccc(C(=O)c3ccc4c(c3)C(=O)N(OC(C)=O)C4=O)cc2C1=O. The molecule has 2 heterocycles. The first-order chi connectivity index (χ1) is 15.1. The van der Waals surface area contributed by atoms with Crippen molar-refractivity contribution >= 4 is 41.4 Å². The fraction of sp³-hybridized carbons (Fsp3) is 0.0952. The van der Waals surface area contributed by atoms with Crippen LogP contribution in [0.15, 0.2) is 36.4 Å². The lowest BCUT2D eigenvalue weighted by Crippen LogP contribution is -2.31. The van der Waals surface area contributed by atoms with Crippen molar-refractivity contribution in [1.29, 1.82) is 0 Å². The molecule has 0 atom stereocenters. The molecular formula is C21H12N2O9. The molecule has 11 nitrogen and oxygen atoms in total. The predicted molar refractivity (Wildman–Crippen MR) is 101 cm³/mol. The van der Waals surface area contributed by atoms with E-state index in [-0.39, 0.29) is 33.4 Å². The standard InChI is InChI=1S/C21H12N2O9/c1-9(24)31-22-18(27)13-5-3-11(7-15(13)20(22)29)17(26)12-4-6-14-16(8-12)21(30)23(19(14)28)32-10(2)25/h3-8H,1-2H3. The third kappa shape index (κ3) is 3.12. The summed E-state index contributed by atoms with van der Waals surface area (Å²) in [5.41, 5.74) is -0.309. The highest BCUT2D eigenvalue weighted by molar-refractivity contribution is 6.24. The van der Waals surface area contributed by atoms with E-state index in [1.54, 1.807) is 0 Å². The van der Waals surface area contributed by atoms with Crippen molar-refractivity contribution in [1.82, 2.24) is 10.1 Å². The number of carbonyl (C=O) groups excluding carboxylic acids is 7. The van der Waals surface area contributed by atoms with E-state index in [1.165, 1.54) is 36.4 Å². The summed E-state index contributed by atoms with van der Waals surface area (Å²) < 4.78 is 0. The third-order valence-corrected chi connectivity index (χ3v) is 4.66. The van der Waals surface area contributed by atoms with Gasteiger partial charge in [-0.05, 0) is 24.3 Å². The van der Waals surface area contributed by atoms with Gasteiger partial charge < -0.3 is 9.68 Å². The van der Waals surface area contributed by atoms with Crippen LogP contribution in [0, 0.1) is 0 Å². The molecule has 0 aliphatic carbocycles. The average molecular weight is 436 g/mol. The van der Waals surface area contributed by atoms with E-state index in [2.05, 4.69) is 9.68 Å². The zero-order valence-electron chi connectivity index (χ0n) is 16.5. The van der Waals surface area contributed by atoms with Gasteiger partial charge in [-0.3, -0.25) is 24.0 Å². The van der Waals surface area contributed by atoms with E-state index in [0.717, 1.165) is 13.8 Å². The Balaban J connectivity index is 1.66. The summed E-state index contributed by atoms with van der Waals surface area (Å²) in [4.78, 5) is 93.7. The maximum atomic E-state index is 13.0. The van der Waals surface area contributed by atoms with Gasteiger partial charge in [-0.25, -0.2) is 9.59 Å². The summed E-state index contributed by atoms with van der Waals surface area (Å²) in [7, 11) is 0. The third-order valence-electron chi connectivity index (χ3n) is 4.66. The van der Waals surface area contributed by atoms with Gasteiger partial charge in [0.25, 0.3) is 23.6 Å². The van der Waals surface area contributed by atoms with Crippen molar-refractivity contribution in [3.05, 3.63) is 69.8 Å². The van der Waals surface area contributed by atoms with Crippen LogP contribution in [0.4, 0.5) is 0 Å². The van der Waals surface area contributed by atoms with Crippen LogP contribution < -0.4 is 0 Å². The largest absolute Gasteiger partial charge is 0.330 e. The molecule has 0 saturated carbocycles. The van der Waals surface area contributed by atoms with Crippen molar-refractivity contribution in [2.45, 2.75) is 13.8 Å². The van der Waals surface area contributed by atoms with Gasteiger partial charge in [0.2, 0.25) is 0 Å². The first-order valence-electron chi connectivity index (χ1n) is 9.07. The van der Waals surface area contributed by atoms with Gasteiger partial charge in [0.15, 0.2) is 5.78 Å². The van der Waals surface area contributed by atoms with Crippen molar-refractivity contribution in [3.8, 4) is 0 Å². The quantitative estimate of drug-likeness (QED) is 0.507. The highest BCUT2D eigenvalue weighted by atomic mass is 16.7. The number of benzene rings is 2. The first-order valence-corrected chi connectivity index (χ1v) is 9.07. The van der Waals surface area contributed by atoms with Gasteiger partial charge in [0.05, 0.1) is 22.3 Å². The number of carbonyl (C=O) groups is 7. The number of rotatable bonds is 4. The molecule has 2 aromatic carbocycles. The zero-order valence-corrected chi connectivity index (χ0v) is 16.5. The Morgan fingerprint density at radius 2 is 0.938 bits per heavy atom. The number of fused-ring (bicyclic) bond motifs is 2. The second-order valence-corrected chi connectivity index (χ2v) is 6.82. The number of imide groups is 2. The lowest BCUT2D eigenvalue weighted by atomic mass is 9.96. The molecule has 2 aliphatic rings. The van der Waals surface area contributed by atoms with Gasteiger partial charge in [-0.15, -0.1) is 0 Å². The van der Waals surface area contributed by atoms with E-state index in [9.17, 15) is 33.6 Å². The molecule has 4 amide bonds. The highest BCUT2D eigenvalue weighted by Crippen LogP contribution is 2.28. The summed E-state index contributed by atoms with van der Waals surface area (Å²) >= 11 is 0.